The molecule has 0 heterocycles. The van der Waals surface area contributed by atoms with Gasteiger partial charge in [0.25, 0.3) is 0 Å². The third-order valence-corrected chi connectivity index (χ3v) is 7.41. The summed E-state index contributed by atoms with van der Waals surface area (Å²) < 4.78 is 26.9. The molecule has 0 aliphatic heterocycles. The van der Waals surface area contributed by atoms with Crippen LogP contribution in [0.25, 0.3) is 0 Å². The zero-order chi connectivity index (χ0) is 25.6. The van der Waals surface area contributed by atoms with E-state index in [1.54, 1.807) is 49.4 Å². The normalized spacial score (nSPS) is 12.4. The third kappa shape index (κ3) is 7.86. The van der Waals surface area contributed by atoms with Crippen LogP contribution in [0.1, 0.15) is 26.3 Å². The molecule has 0 spiro atoms. The van der Waals surface area contributed by atoms with Gasteiger partial charge in [-0.25, -0.2) is 8.42 Å². The minimum atomic E-state index is -3.80. The number of nitrogens with one attached hydrogen (secondary N) is 1. The molecule has 0 radical (unpaired) electrons. The van der Waals surface area contributed by atoms with E-state index < -0.39 is 28.5 Å². The van der Waals surface area contributed by atoms with Crippen LogP contribution in [-0.4, -0.2) is 50.5 Å². The van der Waals surface area contributed by atoms with Crippen LogP contribution >= 0.6 is 39.1 Å². The Hall–Kier alpha value is -1.81. The van der Waals surface area contributed by atoms with Crippen molar-refractivity contribution in [1.29, 1.82) is 0 Å². The Morgan fingerprint density at radius 1 is 1.03 bits per heavy atom. The number of amides is 2. The molecule has 2 rings (SSSR count). The van der Waals surface area contributed by atoms with Gasteiger partial charge in [0.2, 0.25) is 21.8 Å². The first-order valence-electron chi connectivity index (χ1n) is 10.5. The van der Waals surface area contributed by atoms with E-state index in [1.807, 2.05) is 13.8 Å². The van der Waals surface area contributed by atoms with E-state index in [0.29, 0.717) is 27.8 Å². The molecule has 2 aromatic carbocycles. The summed E-state index contributed by atoms with van der Waals surface area (Å²) in [5.41, 5.74) is 0.795. The van der Waals surface area contributed by atoms with Crippen LogP contribution in [-0.2, 0) is 26.2 Å². The lowest BCUT2D eigenvalue weighted by molar-refractivity contribution is -0.139. The van der Waals surface area contributed by atoms with Crippen LogP contribution in [0, 0.1) is 5.92 Å². The number of halogens is 3. The molecule has 0 saturated carbocycles. The zero-order valence-electron chi connectivity index (χ0n) is 19.4. The summed E-state index contributed by atoms with van der Waals surface area (Å²) in [4.78, 5) is 27.6. The molecule has 0 aliphatic carbocycles. The monoisotopic (exact) mass is 591 g/mol. The Morgan fingerprint density at radius 3 is 2.09 bits per heavy atom. The van der Waals surface area contributed by atoms with Gasteiger partial charge >= 0.3 is 0 Å². The fourth-order valence-corrected chi connectivity index (χ4v) is 4.74. The van der Waals surface area contributed by atoms with E-state index in [2.05, 4.69) is 21.2 Å². The van der Waals surface area contributed by atoms with Gasteiger partial charge in [0.05, 0.1) is 11.9 Å². The zero-order valence-corrected chi connectivity index (χ0v) is 23.3. The highest BCUT2D eigenvalue weighted by Crippen LogP contribution is 2.27. The van der Waals surface area contributed by atoms with Gasteiger partial charge in [-0.15, -0.1) is 0 Å². The Kier molecular flexibility index (Phi) is 10.2. The van der Waals surface area contributed by atoms with Crippen molar-refractivity contribution in [2.45, 2.75) is 33.4 Å². The van der Waals surface area contributed by atoms with E-state index in [0.717, 1.165) is 15.0 Å². The molecule has 34 heavy (non-hydrogen) atoms. The quantitative estimate of drug-likeness (QED) is 0.433. The van der Waals surface area contributed by atoms with Gasteiger partial charge in [-0.3, -0.25) is 13.9 Å². The Bertz CT molecular complexity index is 1110. The Labute approximate surface area is 219 Å². The van der Waals surface area contributed by atoms with Crippen molar-refractivity contribution >= 4 is 66.7 Å². The molecule has 2 aromatic rings. The molecule has 1 atom stereocenters. The molecule has 0 saturated heterocycles. The lowest BCUT2D eigenvalue weighted by atomic mass is 10.1. The van der Waals surface area contributed by atoms with Gasteiger partial charge in [-0.2, -0.15) is 0 Å². The highest BCUT2D eigenvalue weighted by molar-refractivity contribution is 9.10. The van der Waals surface area contributed by atoms with E-state index in [9.17, 15) is 18.0 Å². The molecule has 2 amide bonds. The molecule has 186 valence electrons. The number of nitrogens with zero attached hydrogens (tertiary/aromatic N) is 2. The average Bonchev–Trinajstić information content (AvgIpc) is 2.75. The van der Waals surface area contributed by atoms with Gasteiger partial charge in [0, 0.05) is 33.2 Å². The lowest BCUT2D eigenvalue weighted by Gasteiger charge is -2.32. The number of carbonyl (C=O) groups is 2. The molecule has 0 aromatic heterocycles. The second-order valence-corrected chi connectivity index (χ2v) is 11.9. The molecule has 0 bridgehead atoms. The summed E-state index contributed by atoms with van der Waals surface area (Å²) in [7, 11) is -3.80. The van der Waals surface area contributed by atoms with Crippen LogP contribution in [0.4, 0.5) is 5.69 Å². The number of benzene rings is 2. The number of hydrogen-bond acceptors (Lipinski definition) is 4. The number of hydrogen-bond donors (Lipinski definition) is 1. The van der Waals surface area contributed by atoms with Crippen LogP contribution < -0.4 is 9.62 Å². The highest BCUT2D eigenvalue weighted by atomic mass is 79.9. The first-order valence-corrected chi connectivity index (χ1v) is 13.9. The minimum absolute atomic E-state index is 0.0639. The second-order valence-electron chi connectivity index (χ2n) is 8.28. The summed E-state index contributed by atoms with van der Waals surface area (Å²) in [5.74, 6) is -0.715. The average molecular weight is 593 g/mol. The largest absolute Gasteiger partial charge is 0.354 e. The fourth-order valence-electron chi connectivity index (χ4n) is 3.11. The van der Waals surface area contributed by atoms with Gasteiger partial charge in [0.1, 0.15) is 12.6 Å². The second kappa shape index (κ2) is 12.2. The molecule has 7 nitrogen and oxygen atoms in total. The maximum Gasteiger partial charge on any atom is 0.244 e. The number of sulfonamides is 1. The number of carbonyl (C=O) groups excluding carboxylic acids is 2. The van der Waals surface area contributed by atoms with E-state index in [4.69, 9.17) is 23.2 Å². The van der Waals surface area contributed by atoms with Crippen molar-refractivity contribution in [3.63, 3.8) is 0 Å². The maximum atomic E-state index is 13.5. The van der Waals surface area contributed by atoms with Crippen LogP contribution in [0.15, 0.2) is 46.9 Å². The van der Waals surface area contributed by atoms with Crippen molar-refractivity contribution < 1.29 is 18.0 Å². The first-order chi connectivity index (χ1) is 15.8. The third-order valence-electron chi connectivity index (χ3n) is 5.04. The van der Waals surface area contributed by atoms with E-state index in [1.165, 1.54) is 4.90 Å². The van der Waals surface area contributed by atoms with Gasteiger partial charge in [-0.1, -0.05) is 59.0 Å². The smallest absolute Gasteiger partial charge is 0.244 e. The maximum absolute atomic E-state index is 13.5. The summed E-state index contributed by atoms with van der Waals surface area (Å²) in [6, 6.07) is 10.6. The minimum Gasteiger partial charge on any atom is -0.354 e. The van der Waals surface area contributed by atoms with Crippen LogP contribution in [0.5, 0.6) is 0 Å². The van der Waals surface area contributed by atoms with Crippen molar-refractivity contribution in [3.05, 3.63) is 62.5 Å². The Morgan fingerprint density at radius 2 is 1.59 bits per heavy atom. The number of anilines is 1. The molecule has 1 N–H and O–H groups in total. The van der Waals surface area contributed by atoms with Crippen molar-refractivity contribution in [3.8, 4) is 0 Å². The fraction of sp³-hybridized carbons (Fsp3) is 0.391. The Balaban J connectivity index is 2.41. The molecular formula is C23H28BrCl2N3O4S. The summed E-state index contributed by atoms with van der Waals surface area (Å²) in [6.07, 6.45) is 1.02. The standard InChI is InChI=1S/C23H28BrCl2N3O4S/c1-15(2)12-27-23(31)16(3)28(13-19-20(25)6-5-7-21(19)26)22(30)14-29(34(4,32)33)18-10-8-17(24)9-11-18/h5-11,15-16H,12-14H2,1-4H3,(H,27,31)/t16-/m1/s1. The summed E-state index contributed by atoms with van der Waals surface area (Å²) >= 11 is 16.0. The predicted octanol–water partition coefficient (Wildman–Crippen LogP) is 4.71. The van der Waals surface area contributed by atoms with E-state index in [-0.39, 0.29) is 18.4 Å². The summed E-state index contributed by atoms with van der Waals surface area (Å²) in [6.45, 7) is 5.38. The lowest BCUT2D eigenvalue weighted by Crippen LogP contribution is -2.51. The molecule has 0 aliphatic rings. The first kappa shape index (κ1) is 28.4. The molecule has 0 unspecified atom stereocenters. The van der Waals surface area contributed by atoms with Gasteiger partial charge in [-0.05, 0) is 49.2 Å². The highest BCUT2D eigenvalue weighted by Gasteiger charge is 2.31. The van der Waals surface area contributed by atoms with Crippen LogP contribution in [0.2, 0.25) is 10.0 Å². The van der Waals surface area contributed by atoms with Gasteiger partial charge < -0.3 is 10.2 Å². The SMILES string of the molecule is CC(C)CNC(=O)[C@@H](C)N(Cc1c(Cl)cccc1Cl)C(=O)CN(c1ccc(Br)cc1)S(C)(=O)=O. The number of rotatable bonds is 10. The van der Waals surface area contributed by atoms with Crippen molar-refractivity contribution in [2.75, 3.05) is 23.7 Å². The van der Waals surface area contributed by atoms with Crippen molar-refractivity contribution in [2.24, 2.45) is 5.92 Å². The molecular weight excluding hydrogens is 565 g/mol. The predicted molar refractivity (Wildman–Crippen MR) is 141 cm³/mol. The van der Waals surface area contributed by atoms with Gasteiger partial charge in [0.15, 0.2) is 0 Å². The van der Waals surface area contributed by atoms with Crippen LogP contribution in [0.3, 0.4) is 0 Å². The molecule has 0 fully saturated rings. The van der Waals surface area contributed by atoms with E-state index >= 15 is 0 Å². The molecule has 11 heteroatoms. The van der Waals surface area contributed by atoms with Crippen molar-refractivity contribution in [1.82, 2.24) is 10.2 Å². The summed E-state index contributed by atoms with van der Waals surface area (Å²) in [5, 5.41) is 3.50. The topological polar surface area (TPSA) is 86.8 Å².